The first-order chi connectivity index (χ1) is 7.81. The minimum Gasteiger partial charge on any atom is -0.351 e. The number of amides is 3. The molecule has 1 aromatic rings. The molecular weight excluding hydrogens is 246 g/mol. The molecule has 0 spiro atoms. The minimum atomic E-state index is -3.94. The molecule has 8 heteroatoms. The number of anilines is 1. The smallest absolute Gasteiger partial charge is 0.326 e. The lowest BCUT2D eigenvalue weighted by Gasteiger charge is -2.05. The molecule has 1 aromatic carbocycles. The molecule has 0 fully saturated rings. The second kappa shape index (κ2) is 4.83. The van der Waals surface area contributed by atoms with Gasteiger partial charge < -0.3 is 11.1 Å². The van der Waals surface area contributed by atoms with Crippen LogP contribution in [-0.2, 0) is 14.8 Å². The fourth-order valence-electron chi connectivity index (χ4n) is 1.11. The quantitative estimate of drug-likeness (QED) is 0.706. The minimum absolute atomic E-state index is 0.120. The van der Waals surface area contributed by atoms with E-state index >= 15 is 0 Å². The lowest BCUT2D eigenvalue weighted by atomic mass is 10.3. The maximum absolute atomic E-state index is 11.5. The zero-order valence-electron chi connectivity index (χ0n) is 8.93. The van der Waals surface area contributed by atoms with E-state index in [0.29, 0.717) is 5.69 Å². The summed E-state index contributed by atoms with van der Waals surface area (Å²) in [5.41, 5.74) is 5.18. The monoisotopic (exact) mass is 257 g/mol. The first-order valence-corrected chi connectivity index (χ1v) is 5.99. The van der Waals surface area contributed by atoms with Crippen LogP contribution < -0.4 is 15.8 Å². The van der Waals surface area contributed by atoms with E-state index in [1.165, 1.54) is 31.2 Å². The molecule has 3 amide bonds. The molecule has 0 unspecified atom stereocenters. The van der Waals surface area contributed by atoms with Crippen LogP contribution in [0.4, 0.5) is 10.5 Å². The Morgan fingerprint density at radius 1 is 1.18 bits per heavy atom. The molecular formula is C9H11N3O4S. The van der Waals surface area contributed by atoms with E-state index in [1.807, 2.05) is 0 Å². The highest BCUT2D eigenvalue weighted by Gasteiger charge is 2.15. The van der Waals surface area contributed by atoms with Crippen LogP contribution in [0.1, 0.15) is 6.92 Å². The predicted octanol–water partition coefficient (Wildman–Crippen LogP) is 0.00200. The van der Waals surface area contributed by atoms with Crippen molar-refractivity contribution < 1.29 is 18.0 Å². The van der Waals surface area contributed by atoms with Gasteiger partial charge in [0.15, 0.2) is 0 Å². The number of benzene rings is 1. The largest absolute Gasteiger partial charge is 0.351 e. The Balaban J connectivity index is 2.94. The number of primary amides is 1. The summed E-state index contributed by atoms with van der Waals surface area (Å²) in [7, 11) is -3.94. The van der Waals surface area contributed by atoms with Gasteiger partial charge in [0.25, 0.3) is 10.0 Å². The molecule has 0 aliphatic rings. The highest BCUT2D eigenvalue weighted by atomic mass is 32.2. The van der Waals surface area contributed by atoms with Gasteiger partial charge >= 0.3 is 6.03 Å². The molecule has 0 radical (unpaired) electrons. The number of carbonyl (C=O) groups excluding carboxylic acids is 2. The number of nitrogens with two attached hydrogens (primary N) is 1. The highest BCUT2D eigenvalue weighted by Crippen LogP contribution is 2.13. The van der Waals surface area contributed by atoms with Crippen molar-refractivity contribution in [3.8, 4) is 0 Å². The van der Waals surface area contributed by atoms with E-state index in [0.717, 1.165) is 0 Å². The van der Waals surface area contributed by atoms with Crippen LogP contribution in [-0.4, -0.2) is 20.4 Å². The van der Waals surface area contributed by atoms with Gasteiger partial charge in [0.05, 0.1) is 4.90 Å². The summed E-state index contributed by atoms with van der Waals surface area (Å²) < 4.78 is 24.6. The molecule has 0 heterocycles. The number of hydrogen-bond acceptors (Lipinski definition) is 4. The summed E-state index contributed by atoms with van der Waals surface area (Å²) in [4.78, 5) is 21.1. The van der Waals surface area contributed by atoms with Crippen molar-refractivity contribution in [2.75, 3.05) is 5.32 Å². The normalized spacial score (nSPS) is 10.6. The van der Waals surface area contributed by atoms with Gasteiger partial charge in [-0.25, -0.2) is 17.9 Å². The van der Waals surface area contributed by atoms with E-state index in [1.54, 1.807) is 4.72 Å². The first kappa shape index (κ1) is 13.0. The molecule has 17 heavy (non-hydrogen) atoms. The number of urea groups is 1. The van der Waals surface area contributed by atoms with Crippen LogP contribution in [0.2, 0.25) is 0 Å². The van der Waals surface area contributed by atoms with Crippen molar-refractivity contribution in [2.45, 2.75) is 11.8 Å². The summed E-state index contributed by atoms with van der Waals surface area (Å²) in [5.74, 6) is -0.268. The third kappa shape index (κ3) is 3.76. The van der Waals surface area contributed by atoms with Gasteiger partial charge in [0.2, 0.25) is 5.91 Å². The summed E-state index contributed by atoms with van der Waals surface area (Å²) >= 11 is 0. The summed E-state index contributed by atoms with van der Waals surface area (Å²) in [6.45, 7) is 1.33. The van der Waals surface area contributed by atoms with E-state index in [4.69, 9.17) is 5.73 Å². The molecule has 92 valence electrons. The lowest BCUT2D eigenvalue weighted by molar-refractivity contribution is -0.114. The molecule has 0 atom stereocenters. The van der Waals surface area contributed by atoms with Crippen molar-refractivity contribution in [3.05, 3.63) is 24.3 Å². The predicted molar refractivity (Wildman–Crippen MR) is 60.7 cm³/mol. The lowest BCUT2D eigenvalue weighted by Crippen LogP contribution is -2.34. The average Bonchev–Trinajstić information content (AvgIpc) is 2.15. The van der Waals surface area contributed by atoms with E-state index < -0.39 is 16.1 Å². The summed E-state index contributed by atoms with van der Waals surface area (Å²) in [5, 5.41) is 2.48. The van der Waals surface area contributed by atoms with Crippen LogP contribution in [0.25, 0.3) is 0 Å². The maximum Gasteiger partial charge on any atom is 0.326 e. The highest BCUT2D eigenvalue weighted by molar-refractivity contribution is 7.90. The third-order valence-corrected chi connectivity index (χ3v) is 3.08. The van der Waals surface area contributed by atoms with Gasteiger partial charge in [-0.15, -0.1) is 0 Å². The Morgan fingerprint density at radius 3 is 2.12 bits per heavy atom. The standard InChI is InChI=1S/C9H11N3O4S/c1-6(13)11-7-2-4-8(5-3-7)17(15,16)12-9(10)14/h2-5H,1H3,(H,11,13)(H3,10,12,14). The fourth-order valence-corrected chi connectivity index (χ4v) is 1.99. The topological polar surface area (TPSA) is 118 Å². The van der Waals surface area contributed by atoms with Crippen LogP contribution in [0, 0.1) is 0 Å². The van der Waals surface area contributed by atoms with Crippen LogP contribution in [0.3, 0.4) is 0 Å². The molecule has 0 saturated heterocycles. The SMILES string of the molecule is CC(=O)Nc1ccc(S(=O)(=O)NC(N)=O)cc1. The fraction of sp³-hybridized carbons (Fsp3) is 0.111. The Bertz CT molecular complexity index is 536. The molecule has 0 aliphatic carbocycles. The van der Waals surface area contributed by atoms with Crippen molar-refractivity contribution in [1.29, 1.82) is 0 Å². The molecule has 0 aliphatic heterocycles. The molecule has 4 N–H and O–H groups in total. The van der Waals surface area contributed by atoms with E-state index in [9.17, 15) is 18.0 Å². The Hall–Kier alpha value is -2.09. The zero-order chi connectivity index (χ0) is 13.1. The molecule has 0 aromatic heterocycles. The van der Waals surface area contributed by atoms with Gasteiger partial charge in [-0.1, -0.05) is 0 Å². The van der Waals surface area contributed by atoms with E-state index in [2.05, 4.69) is 5.32 Å². The molecule has 0 saturated carbocycles. The van der Waals surface area contributed by atoms with Crippen molar-refractivity contribution >= 4 is 27.6 Å². The maximum atomic E-state index is 11.5. The molecule has 7 nitrogen and oxygen atoms in total. The number of rotatable bonds is 3. The first-order valence-electron chi connectivity index (χ1n) is 4.51. The van der Waals surface area contributed by atoms with Crippen LogP contribution in [0.15, 0.2) is 29.2 Å². The van der Waals surface area contributed by atoms with Crippen LogP contribution in [0.5, 0.6) is 0 Å². The summed E-state index contributed by atoms with van der Waals surface area (Å²) in [6, 6.07) is 4.14. The second-order valence-electron chi connectivity index (χ2n) is 3.18. The zero-order valence-corrected chi connectivity index (χ0v) is 9.74. The van der Waals surface area contributed by atoms with E-state index in [-0.39, 0.29) is 10.8 Å². The third-order valence-electron chi connectivity index (χ3n) is 1.72. The van der Waals surface area contributed by atoms with Crippen molar-refractivity contribution in [2.24, 2.45) is 5.73 Å². The second-order valence-corrected chi connectivity index (χ2v) is 4.86. The van der Waals surface area contributed by atoms with Gasteiger partial charge in [-0.3, -0.25) is 4.79 Å². The Kier molecular flexibility index (Phi) is 3.69. The Labute approximate surface area is 98.0 Å². The van der Waals surface area contributed by atoms with Gasteiger partial charge in [-0.2, -0.15) is 0 Å². The molecule has 1 rings (SSSR count). The Morgan fingerprint density at radius 2 is 1.71 bits per heavy atom. The van der Waals surface area contributed by atoms with Crippen molar-refractivity contribution in [3.63, 3.8) is 0 Å². The van der Waals surface area contributed by atoms with Gasteiger partial charge in [-0.05, 0) is 24.3 Å². The van der Waals surface area contributed by atoms with Gasteiger partial charge in [0, 0.05) is 12.6 Å². The number of hydrogen-bond donors (Lipinski definition) is 3. The number of nitrogens with one attached hydrogen (secondary N) is 2. The average molecular weight is 257 g/mol. The molecule has 0 bridgehead atoms. The van der Waals surface area contributed by atoms with Crippen LogP contribution >= 0.6 is 0 Å². The number of sulfonamides is 1. The summed E-state index contributed by atoms with van der Waals surface area (Å²) in [6.07, 6.45) is 0. The van der Waals surface area contributed by atoms with Gasteiger partial charge in [0.1, 0.15) is 0 Å². The van der Waals surface area contributed by atoms with Crippen molar-refractivity contribution in [1.82, 2.24) is 4.72 Å². The number of carbonyl (C=O) groups is 2.